The summed E-state index contributed by atoms with van der Waals surface area (Å²) >= 11 is 0. The molecule has 1 saturated carbocycles. The number of carbonyl (C=O) groups is 5. The van der Waals surface area contributed by atoms with Crippen LogP contribution in [0, 0.1) is 5.92 Å². The first kappa shape index (κ1) is 43.0. The highest BCUT2D eigenvalue weighted by molar-refractivity contribution is 5.90. The van der Waals surface area contributed by atoms with Crippen molar-refractivity contribution in [3.8, 4) is 0 Å². The van der Waals surface area contributed by atoms with Gasteiger partial charge in [0.2, 0.25) is 23.6 Å². The molecule has 3 aromatic rings. The van der Waals surface area contributed by atoms with E-state index in [1.165, 1.54) is 0 Å². The lowest BCUT2D eigenvalue weighted by Gasteiger charge is -2.26. The maximum absolute atomic E-state index is 13.2. The maximum Gasteiger partial charge on any atom is 0.408 e. The molecule has 302 valence electrons. The van der Waals surface area contributed by atoms with E-state index in [2.05, 4.69) is 37.2 Å². The molecule has 15 heteroatoms. The van der Waals surface area contributed by atoms with E-state index in [1.54, 1.807) is 0 Å². The van der Waals surface area contributed by atoms with Crippen molar-refractivity contribution in [2.75, 3.05) is 36.8 Å². The highest BCUT2D eigenvalue weighted by atomic mass is 16.5. The minimum atomic E-state index is -0.831. The standard InChI is InChI=1S/C41H55N7O8/c1-27(2)23-31(48-41(55)56-26-29-15-8-4-9-16-29)39(53)44-22-21-43-36-35(37(51)38(36)52)42-20-12-19-33(49)45-25-34(50)47-32(24-28-13-6-3-7-14-28)40(54)46-30-17-10-5-11-18-30/h3-4,6-9,13-16,27,30-32,42-43H,5,10-12,17-26H2,1-2H3,(H,44,53)(H,45,49)(H,46,54)(H,47,50)(H,48,55)/t31-,32-/m0/s1. The molecule has 2 atom stereocenters. The van der Waals surface area contributed by atoms with E-state index in [0.29, 0.717) is 19.3 Å². The Hall–Kier alpha value is -5.73. The molecule has 56 heavy (non-hydrogen) atoms. The van der Waals surface area contributed by atoms with Crippen LogP contribution in [0.25, 0.3) is 0 Å². The molecule has 7 N–H and O–H groups in total. The number of amides is 5. The Labute approximate surface area is 327 Å². The van der Waals surface area contributed by atoms with Crippen LogP contribution in [0.4, 0.5) is 16.2 Å². The Balaban J connectivity index is 1.14. The number of hydrogen-bond donors (Lipinski definition) is 7. The molecule has 15 nitrogen and oxygen atoms in total. The first-order valence-corrected chi connectivity index (χ1v) is 19.5. The predicted molar refractivity (Wildman–Crippen MR) is 214 cm³/mol. The molecule has 1 fully saturated rings. The molecule has 1 aliphatic rings. The summed E-state index contributed by atoms with van der Waals surface area (Å²) in [5, 5.41) is 19.6. The summed E-state index contributed by atoms with van der Waals surface area (Å²) in [4.78, 5) is 88.2. The van der Waals surface area contributed by atoms with Crippen molar-refractivity contribution in [3.63, 3.8) is 0 Å². The van der Waals surface area contributed by atoms with Crippen LogP contribution in [0.1, 0.15) is 76.3 Å². The first-order chi connectivity index (χ1) is 27.0. The van der Waals surface area contributed by atoms with Crippen LogP contribution in [0.2, 0.25) is 0 Å². The quantitative estimate of drug-likeness (QED) is 0.0586. The summed E-state index contributed by atoms with van der Waals surface area (Å²) in [6, 6.07) is 17.0. The average molecular weight is 774 g/mol. The lowest BCUT2D eigenvalue weighted by Crippen LogP contribution is -2.52. The number of alkyl carbamates (subject to hydrolysis) is 1. The molecule has 0 aliphatic heterocycles. The van der Waals surface area contributed by atoms with Crippen molar-refractivity contribution in [1.29, 1.82) is 0 Å². The van der Waals surface area contributed by atoms with Crippen molar-refractivity contribution in [1.82, 2.24) is 26.6 Å². The smallest absolute Gasteiger partial charge is 0.408 e. The molecule has 0 heterocycles. The summed E-state index contributed by atoms with van der Waals surface area (Å²) < 4.78 is 5.26. The summed E-state index contributed by atoms with van der Waals surface area (Å²) in [6.07, 6.45) is 5.44. The lowest BCUT2D eigenvalue weighted by atomic mass is 9.95. The number of carbonyl (C=O) groups excluding carboxylic acids is 5. The highest BCUT2D eigenvalue weighted by Gasteiger charge is 2.26. The normalized spacial score (nSPS) is 13.9. The van der Waals surface area contributed by atoms with Gasteiger partial charge in [-0.3, -0.25) is 28.8 Å². The summed E-state index contributed by atoms with van der Waals surface area (Å²) in [5.41, 5.74) is 0.515. The Bertz CT molecular complexity index is 1810. The van der Waals surface area contributed by atoms with Gasteiger partial charge in [0.15, 0.2) is 0 Å². The fraction of sp³-hybridized carbons (Fsp3) is 0.488. The van der Waals surface area contributed by atoms with E-state index in [4.69, 9.17) is 4.74 Å². The summed E-state index contributed by atoms with van der Waals surface area (Å²) in [7, 11) is 0. The van der Waals surface area contributed by atoms with Gasteiger partial charge < -0.3 is 42.0 Å². The molecule has 0 spiro atoms. The fourth-order valence-electron chi connectivity index (χ4n) is 6.42. The third-order valence-electron chi connectivity index (χ3n) is 9.38. The Morgan fingerprint density at radius 1 is 0.696 bits per heavy atom. The fourth-order valence-corrected chi connectivity index (χ4v) is 6.42. The molecule has 0 radical (unpaired) electrons. The highest BCUT2D eigenvalue weighted by Crippen LogP contribution is 2.18. The monoisotopic (exact) mass is 773 g/mol. The molecule has 4 rings (SSSR count). The van der Waals surface area contributed by atoms with Crippen molar-refractivity contribution in [2.45, 2.75) is 96.4 Å². The minimum Gasteiger partial charge on any atom is -0.445 e. The van der Waals surface area contributed by atoms with Crippen LogP contribution in [-0.2, 0) is 36.9 Å². The van der Waals surface area contributed by atoms with Gasteiger partial charge in [-0.2, -0.15) is 0 Å². The molecule has 0 aromatic heterocycles. The largest absolute Gasteiger partial charge is 0.445 e. The van der Waals surface area contributed by atoms with Crippen LogP contribution >= 0.6 is 0 Å². The van der Waals surface area contributed by atoms with Crippen molar-refractivity contribution in [3.05, 3.63) is 92.2 Å². The summed E-state index contributed by atoms with van der Waals surface area (Å²) in [6.45, 7) is 4.07. The maximum atomic E-state index is 13.2. The van der Waals surface area contributed by atoms with Crippen LogP contribution in [0.5, 0.6) is 0 Å². The minimum absolute atomic E-state index is 0.0471. The Morgan fingerprint density at radius 3 is 1.96 bits per heavy atom. The van der Waals surface area contributed by atoms with Gasteiger partial charge in [-0.1, -0.05) is 93.8 Å². The third-order valence-corrected chi connectivity index (χ3v) is 9.38. The number of ether oxygens (including phenoxy) is 1. The van der Waals surface area contributed by atoms with Gasteiger partial charge in [0.1, 0.15) is 30.1 Å². The molecule has 0 bridgehead atoms. The second-order valence-corrected chi connectivity index (χ2v) is 14.5. The molecular formula is C41H55N7O8. The first-order valence-electron chi connectivity index (χ1n) is 19.5. The van der Waals surface area contributed by atoms with Crippen LogP contribution in [0.3, 0.4) is 0 Å². The summed E-state index contributed by atoms with van der Waals surface area (Å²) in [5.74, 6) is -1.43. The van der Waals surface area contributed by atoms with Gasteiger partial charge in [-0.25, -0.2) is 4.79 Å². The number of benzene rings is 2. The van der Waals surface area contributed by atoms with Gasteiger partial charge in [0.05, 0.1) is 6.54 Å². The van der Waals surface area contributed by atoms with Gasteiger partial charge in [0.25, 0.3) is 10.9 Å². The average Bonchev–Trinajstić information content (AvgIpc) is 3.19. The van der Waals surface area contributed by atoms with E-state index < -0.39 is 40.8 Å². The Morgan fingerprint density at radius 2 is 1.32 bits per heavy atom. The van der Waals surface area contributed by atoms with Crippen molar-refractivity contribution in [2.24, 2.45) is 5.92 Å². The zero-order chi connectivity index (χ0) is 40.3. The molecule has 5 amide bonds. The third kappa shape index (κ3) is 14.5. The zero-order valence-electron chi connectivity index (χ0n) is 32.2. The molecule has 1 aliphatic carbocycles. The number of rotatable bonds is 22. The lowest BCUT2D eigenvalue weighted by molar-refractivity contribution is -0.130. The van der Waals surface area contributed by atoms with Crippen molar-refractivity contribution < 1.29 is 28.7 Å². The van der Waals surface area contributed by atoms with Gasteiger partial charge in [-0.15, -0.1) is 0 Å². The molecule has 3 aromatic carbocycles. The Kier molecular flexibility index (Phi) is 17.4. The van der Waals surface area contributed by atoms with Crippen LogP contribution in [0.15, 0.2) is 70.3 Å². The number of hydrogen-bond acceptors (Lipinski definition) is 10. The second-order valence-electron chi connectivity index (χ2n) is 14.5. The van der Waals surface area contributed by atoms with E-state index in [0.717, 1.165) is 43.2 Å². The van der Waals surface area contributed by atoms with Crippen LogP contribution in [-0.4, -0.2) is 74.0 Å². The number of anilines is 2. The van der Waals surface area contributed by atoms with Crippen molar-refractivity contribution >= 4 is 41.1 Å². The van der Waals surface area contributed by atoms with E-state index in [9.17, 15) is 33.6 Å². The number of nitrogens with one attached hydrogen (secondary N) is 7. The van der Waals surface area contributed by atoms with Gasteiger partial charge in [-0.05, 0) is 42.7 Å². The van der Waals surface area contributed by atoms with E-state index in [1.807, 2.05) is 74.5 Å². The molecule has 0 unspecified atom stereocenters. The zero-order valence-corrected chi connectivity index (χ0v) is 32.2. The predicted octanol–water partition coefficient (Wildman–Crippen LogP) is 2.64. The second kappa shape index (κ2) is 22.6. The van der Waals surface area contributed by atoms with Crippen LogP contribution < -0.4 is 48.1 Å². The molecular weight excluding hydrogens is 718 g/mol. The molecule has 0 saturated heterocycles. The van der Waals surface area contributed by atoms with Gasteiger partial charge >= 0.3 is 6.09 Å². The topological polar surface area (TPSA) is 213 Å². The van der Waals surface area contributed by atoms with Gasteiger partial charge in [0, 0.05) is 38.5 Å². The van der Waals surface area contributed by atoms with E-state index in [-0.39, 0.29) is 74.4 Å². The SMILES string of the molecule is CC(C)C[C@H](NC(=O)OCc1ccccc1)C(=O)NCCNc1c(NCCCC(=O)NCC(=O)N[C@@H](Cc2ccccc2)C(=O)NC2CCCCC2)c(=O)c1=O. The van der Waals surface area contributed by atoms with E-state index >= 15 is 0 Å².